The zero-order chi connectivity index (χ0) is 17.2. The average molecular weight is 346 g/mol. The molecule has 1 heterocycles. The number of carbonyl (C=O) groups is 2. The minimum atomic E-state index is -0.826. The maximum atomic E-state index is 13.6. The van der Waals surface area contributed by atoms with Crippen molar-refractivity contribution < 1.29 is 18.7 Å². The fourth-order valence-electron chi connectivity index (χ4n) is 3.30. The third kappa shape index (κ3) is 3.26. The molecule has 0 radical (unpaired) electrons. The summed E-state index contributed by atoms with van der Waals surface area (Å²) in [6.07, 6.45) is 3.04. The van der Waals surface area contributed by atoms with Gasteiger partial charge >= 0.3 is 5.97 Å². The molecule has 0 N–H and O–H groups in total. The molecule has 0 saturated heterocycles. The second-order valence-electron chi connectivity index (χ2n) is 6.21. The van der Waals surface area contributed by atoms with Gasteiger partial charge in [-0.15, -0.1) is 11.3 Å². The molecule has 1 saturated carbocycles. The van der Waals surface area contributed by atoms with Crippen molar-refractivity contribution in [2.75, 3.05) is 6.61 Å². The molecule has 0 aliphatic heterocycles. The zero-order valence-corrected chi connectivity index (χ0v) is 14.3. The topological polar surface area (TPSA) is 43.4 Å². The number of thiophene rings is 1. The van der Waals surface area contributed by atoms with E-state index in [0.717, 1.165) is 17.7 Å². The van der Waals surface area contributed by atoms with E-state index in [1.807, 2.05) is 13.0 Å². The van der Waals surface area contributed by atoms with Crippen LogP contribution in [0, 0.1) is 12.7 Å². The van der Waals surface area contributed by atoms with Crippen molar-refractivity contribution in [3.05, 3.63) is 57.5 Å². The molecular formula is C19H19FO3S. The Kier molecular flexibility index (Phi) is 4.81. The highest BCUT2D eigenvalue weighted by atomic mass is 32.1. The number of hydrogen-bond donors (Lipinski definition) is 0. The number of rotatable bonds is 5. The lowest BCUT2D eigenvalue weighted by atomic mass is 9.79. The lowest BCUT2D eigenvalue weighted by molar-refractivity contribution is -0.149. The van der Waals surface area contributed by atoms with Gasteiger partial charge in [0.2, 0.25) is 5.78 Å². The minimum Gasteiger partial charge on any atom is -0.457 e. The van der Waals surface area contributed by atoms with Crippen molar-refractivity contribution in [3.8, 4) is 0 Å². The monoisotopic (exact) mass is 346 g/mol. The Morgan fingerprint density at radius 3 is 2.58 bits per heavy atom. The fourth-order valence-corrected chi connectivity index (χ4v) is 4.09. The van der Waals surface area contributed by atoms with Crippen LogP contribution in [-0.2, 0) is 14.9 Å². The van der Waals surface area contributed by atoms with Gasteiger partial charge in [0.1, 0.15) is 5.82 Å². The molecule has 3 nitrogen and oxygen atoms in total. The Morgan fingerprint density at radius 2 is 1.96 bits per heavy atom. The van der Waals surface area contributed by atoms with E-state index < -0.39 is 11.4 Å². The maximum Gasteiger partial charge on any atom is 0.317 e. The molecule has 1 aliphatic rings. The molecule has 126 valence electrons. The number of benzene rings is 1. The van der Waals surface area contributed by atoms with Crippen LogP contribution in [0.15, 0.2) is 36.4 Å². The number of ether oxygens (including phenoxy) is 1. The van der Waals surface area contributed by atoms with Crippen LogP contribution in [0.3, 0.4) is 0 Å². The molecular weight excluding hydrogens is 327 g/mol. The van der Waals surface area contributed by atoms with Gasteiger partial charge in [0, 0.05) is 4.88 Å². The van der Waals surface area contributed by atoms with Gasteiger partial charge in [-0.25, -0.2) is 4.39 Å². The molecule has 5 heteroatoms. The molecule has 1 fully saturated rings. The highest BCUT2D eigenvalue weighted by molar-refractivity contribution is 7.14. The van der Waals surface area contributed by atoms with E-state index in [-0.39, 0.29) is 18.2 Å². The predicted molar refractivity (Wildman–Crippen MR) is 90.9 cm³/mol. The van der Waals surface area contributed by atoms with Crippen molar-refractivity contribution >= 4 is 23.1 Å². The van der Waals surface area contributed by atoms with Crippen LogP contribution in [0.1, 0.15) is 45.8 Å². The van der Waals surface area contributed by atoms with Gasteiger partial charge in [0.05, 0.1) is 10.3 Å². The summed E-state index contributed by atoms with van der Waals surface area (Å²) in [5, 5.41) is 0. The first-order valence-corrected chi connectivity index (χ1v) is 8.86. The van der Waals surface area contributed by atoms with Crippen LogP contribution < -0.4 is 0 Å². The summed E-state index contributed by atoms with van der Waals surface area (Å²) < 4.78 is 18.9. The molecule has 24 heavy (non-hydrogen) atoms. The number of aryl methyl sites for hydroxylation is 1. The number of halogens is 1. The number of ketones is 1. The molecule has 0 amide bonds. The van der Waals surface area contributed by atoms with E-state index >= 15 is 0 Å². The standard InChI is InChI=1S/C19H19FO3S/c1-13-7-8-17(24-13)16(21)12-23-18(22)19(9-2-3-10-19)14-5-4-6-15(20)11-14/h4-8,11H,2-3,9-10,12H2,1H3. The van der Waals surface area contributed by atoms with Crippen molar-refractivity contribution in [1.29, 1.82) is 0 Å². The third-order valence-corrected chi connectivity index (χ3v) is 5.62. The summed E-state index contributed by atoms with van der Waals surface area (Å²) in [5.74, 6) is -0.988. The molecule has 0 bridgehead atoms. The number of Topliss-reactive ketones (excluding diaryl/α,β-unsaturated/α-hetero) is 1. The van der Waals surface area contributed by atoms with Crippen LogP contribution in [0.5, 0.6) is 0 Å². The zero-order valence-electron chi connectivity index (χ0n) is 13.5. The molecule has 1 aromatic heterocycles. The van der Waals surface area contributed by atoms with Gasteiger partial charge < -0.3 is 4.74 Å². The van der Waals surface area contributed by atoms with Gasteiger partial charge in [-0.2, -0.15) is 0 Å². The Labute approximate surface area is 144 Å². The number of hydrogen-bond acceptors (Lipinski definition) is 4. The van der Waals surface area contributed by atoms with E-state index in [0.29, 0.717) is 23.3 Å². The Hall–Kier alpha value is -2.01. The van der Waals surface area contributed by atoms with Gasteiger partial charge in [0.15, 0.2) is 6.61 Å². The number of carbonyl (C=O) groups excluding carboxylic acids is 2. The molecule has 3 rings (SSSR count). The van der Waals surface area contributed by atoms with Crippen molar-refractivity contribution in [3.63, 3.8) is 0 Å². The van der Waals surface area contributed by atoms with Gasteiger partial charge in [0.25, 0.3) is 0 Å². The van der Waals surface area contributed by atoms with E-state index in [4.69, 9.17) is 4.74 Å². The predicted octanol–water partition coefficient (Wildman–Crippen LogP) is 4.43. The second kappa shape index (κ2) is 6.85. The average Bonchev–Trinajstić information content (AvgIpc) is 3.22. The van der Waals surface area contributed by atoms with E-state index in [9.17, 15) is 14.0 Å². The third-order valence-electron chi connectivity index (χ3n) is 4.57. The Bertz CT molecular complexity index is 759. The van der Waals surface area contributed by atoms with Crippen LogP contribution in [-0.4, -0.2) is 18.4 Å². The highest BCUT2D eigenvalue weighted by Crippen LogP contribution is 2.42. The van der Waals surface area contributed by atoms with Gasteiger partial charge in [-0.1, -0.05) is 25.0 Å². The summed E-state index contributed by atoms with van der Waals surface area (Å²) in [6, 6.07) is 9.74. The van der Waals surface area contributed by atoms with Crippen molar-refractivity contribution in [1.82, 2.24) is 0 Å². The summed E-state index contributed by atoms with van der Waals surface area (Å²) in [4.78, 5) is 26.5. The first-order valence-electron chi connectivity index (χ1n) is 8.04. The lowest BCUT2D eigenvalue weighted by Gasteiger charge is -2.27. The van der Waals surface area contributed by atoms with Gasteiger partial charge in [-0.3, -0.25) is 9.59 Å². The maximum absolute atomic E-state index is 13.6. The summed E-state index contributed by atoms with van der Waals surface area (Å²) in [6.45, 7) is 1.65. The summed E-state index contributed by atoms with van der Waals surface area (Å²) in [7, 11) is 0. The molecule has 1 aromatic carbocycles. The van der Waals surface area contributed by atoms with E-state index in [1.165, 1.54) is 23.5 Å². The fraction of sp³-hybridized carbons (Fsp3) is 0.368. The summed E-state index contributed by atoms with van der Waals surface area (Å²) in [5.41, 5.74) is -0.183. The second-order valence-corrected chi connectivity index (χ2v) is 7.50. The molecule has 2 aromatic rings. The first-order chi connectivity index (χ1) is 11.5. The molecule has 0 unspecified atom stereocenters. The molecule has 0 spiro atoms. The van der Waals surface area contributed by atoms with Gasteiger partial charge in [-0.05, 0) is 49.6 Å². The van der Waals surface area contributed by atoms with Crippen LogP contribution in [0.2, 0.25) is 0 Å². The van der Waals surface area contributed by atoms with Crippen LogP contribution in [0.4, 0.5) is 4.39 Å². The van der Waals surface area contributed by atoms with E-state index in [2.05, 4.69) is 0 Å². The largest absolute Gasteiger partial charge is 0.457 e. The number of esters is 1. The quantitative estimate of drug-likeness (QED) is 0.594. The highest BCUT2D eigenvalue weighted by Gasteiger charge is 2.44. The first kappa shape index (κ1) is 16.8. The SMILES string of the molecule is Cc1ccc(C(=O)COC(=O)C2(c3cccc(F)c3)CCCC2)s1. The van der Waals surface area contributed by atoms with Crippen LogP contribution in [0.25, 0.3) is 0 Å². The van der Waals surface area contributed by atoms with E-state index in [1.54, 1.807) is 18.2 Å². The molecule has 0 atom stereocenters. The Morgan fingerprint density at radius 1 is 1.21 bits per heavy atom. The Balaban J connectivity index is 1.75. The molecule has 1 aliphatic carbocycles. The van der Waals surface area contributed by atoms with Crippen molar-refractivity contribution in [2.24, 2.45) is 0 Å². The smallest absolute Gasteiger partial charge is 0.317 e. The minimum absolute atomic E-state index is 0.200. The lowest BCUT2D eigenvalue weighted by Crippen LogP contribution is -2.35. The van der Waals surface area contributed by atoms with Crippen LogP contribution >= 0.6 is 11.3 Å². The summed E-state index contributed by atoms with van der Waals surface area (Å²) >= 11 is 1.39. The normalized spacial score (nSPS) is 16.1. The van der Waals surface area contributed by atoms with Crippen molar-refractivity contribution in [2.45, 2.75) is 38.0 Å².